The Morgan fingerprint density at radius 3 is 2.54 bits per heavy atom. The molecule has 2 aromatic carbocycles. The highest BCUT2D eigenvalue weighted by molar-refractivity contribution is 5.79. The lowest BCUT2D eigenvalue weighted by Crippen LogP contribution is -2.41. The van der Waals surface area contributed by atoms with Crippen LogP contribution >= 0.6 is 0 Å². The lowest BCUT2D eigenvalue weighted by molar-refractivity contribution is 0.213. The van der Waals surface area contributed by atoms with E-state index in [0.717, 1.165) is 5.56 Å². The first kappa shape index (κ1) is 19.6. The third-order valence-electron chi connectivity index (χ3n) is 3.86. The van der Waals surface area contributed by atoms with E-state index in [1.807, 2.05) is 37.3 Å². The Hall–Kier alpha value is -2.76. The van der Waals surface area contributed by atoms with Crippen molar-refractivity contribution in [3.63, 3.8) is 0 Å². The number of aryl methyl sites for hydroxylation is 1. The number of benzene rings is 2. The molecule has 0 aliphatic carbocycles. The minimum atomic E-state index is -0.196. The number of hydrogen-bond donors (Lipinski definition) is 2. The highest BCUT2D eigenvalue weighted by Crippen LogP contribution is 2.26. The third-order valence-corrected chi connectivity index (χ3v) is 3.86. The standard InChI is InChI=1S/C20H26FN3O2/c1-14-11-16(9-10-17(14)21)13-24-20(22-3)23-12-15(2)26-19-8-6-5-7-18(19)25-4/h5-11,15H,12-13H2,1-4H3,(H2,22,23,24). The first-order valence-electron chi connectivity index (χ1n) is 8.52. The Morgan fingerprint density at radius 1 is 1.15 bits per heavy atom. The van der Waals surface area contributed by atoms with Crippen molar-refractivity contribution in [1.82, 2.24) is 10.6 Å². The van der Waals surface area contributed by atoms with Crippen LogP contribution < -0.4 is 20.1 Å². The molecule has 0 heterocycles. The first-order chi connectivity index (χ1) is 12.5. The van der Waals surface area contributed by atoms with Gasteiger partial charge in [0.15, 0.2) is 17.5 Å². The summed E-state index contributed by atoms with van der Waals surface area (Å²) in [5.74, 6) is 1.86. The number of guanidine groups is 1. The molecule has 0 saturated heterocycles. The maximum atomic E-state index is 13.3. The lowest BCUT2D eigenvalue weighted by atomic mass is 10.1. The summed E-state index contributed by atoms with van der Waals surface area (Å²) in [4.78, 5) is 4.20. The van der Waals surface area contributed by atoms with Crippen LogP contribution in [0.15, 0.2) is 47.5 Å². The van der Waals surface area contributed by atoms with Crippen molar-refractivity contribution in [3.8, 4) is 11.5 Å². The van der Waals surface area contributed by atoms with E-state index in [1.165, 1.54) is 6.07 Å². The largest absolute Gasteiger partial charge is 0.493 e. The zero-order chi connectivity index (χ0) is 18.9. The van der Waals surface area contributed by atoms with Gasteiger partial charge in [0.25, 0.3) is 0 Å². The summed E-state index contributed by atoms with van der Waals surface area (Å²) < 4.78 is 24.5. The van der Waals surface area contributed by atoms with Crippen LogP contribution in [-0.2, 0) is 6.54 Å². The summed E-state index contributed by atoms with van der Waals surface area (Å²) in [6.07, 6.45) is -0.0853. The van der Waals surface area contributed by atoms with Crippen LogP contribution in [0.3, 0.4) is 0 Å². The van der Waals surface area contributed by atoms with Gasteiger partial charge >= 0.3 is 0 Å². The van der Waals surface area contributed by atoms with Crippen molar-refractivity contribution < 1.29 is 13.9 Å². The fraction of sp³-hybridized carbons (Fsp3) is 0.350. The highest BCUT2D eigenvalue weighted by atomic mass is 19.1. The number of aliphatic imine (C=N–C) groups is 1. The number of hydrogen-bond acceptors (Lipinski definition) is 3. The van der Waals surface area contributed by atoms with Crippen molar-refractivity contribution >= 4 is 5.96 Å². The number of rotatable bonds is 7. The van der Waals surface area contributed by atoms with Crippen LogP contribution in [0.4, 0.5) is 4.39 Å². The van der Waals surface area contributed by atoms with Crippen LogP contribution in [-0.4, -0.2) is 32.8 Å². The third kappa shape index (κ3) is 5.65. The highest BCUT2D eigenvalue weighted by Gasteiger charge is 2.09. The van der Waals surface area contributed by atoms with Crippen LogP contribution in [0.5, 0.6) is 11.5 Å². The Labute approximate surface area is 154 Å². The molecule has 0 fully saturated rings. The molecule has 0 saturated carbocycles. The van der Waals surface area contributed by atoms with E-state index in [1.54, 1.807) is 27.1 Å². The molecule has 0 aliphatic heterocycles. The minimum Gasteiger partial charge on any atom is -0.493 e. The summed E-state index contributed by atoms with van der Waals surface area (Å²) in [5, 5.41) is 6.43. The molecule has 140 valence electrons. The second kappa shape index (κ2) is 9.65. The molecule has 5 nitrogen and oxygen atoms in total. The molecule has 6 heteroatoms. The van der Waals surface area contributed by atoms with Gasteiger partial charge in [-0.05, 0) is 43.2 Å². The van der Waals surface area contributed by atoms with Crippen LogP contribution in [0, 0.1) is 12.7 Å². The van der Waals surface area contributed by atoms with Gasteiger partial charge in [0.05, 0.1) is 13.7 Å². The molecule has 2 N–H and O–H groups in total. The number of halogens is 1. The summed E-state index contributed by atoms with van der Waals surface area (Å²) in [7, 11) is 3.32. The summed E-state index contributed by atoms with van der Waals surface area (Å²) in [5.41, 5.74) is 1.62. The van der Waals surface area contributed by atoms with Crippen molar-refractivity contribution in [2.24, 2.45) is 4.99 Å². The quantitative estimate of drug-likeness (QED) is 0.588. The van der Waals surface area contributed by atoms with Crippen LogP contribution in [0.2, 0.25) is 0 Å². The zero-order valence-corrected chi connectivity index (χ0v) is 15.7. The van der Waals surface area contributed by atoms with Gasteiger partial charge < -0.3 is 20.1 Å². The average molecular weight is 359 g/mol. The lowest BCUT2D eigenvalue weighted by Gasteiger charge is -2.19. The average Bonchev–Trinajstić information content (AvgIpc) is 2.65. The van der Waals surface area contributed by atoms with Crippen molar-refractivity contribution in [2.75, 3.05) is 20.7 Å². The maximum Gasteiger partial charge on any atom is 0.191 e. The van der Waals surface area contributed by atoms with Crippen molar-refractivity contribution in [2.45, 2.75) is 26.5 Å². The Balaban J connectivity index is 1.83. The van der Waals surface area contributed by atoms with Crippen molar-refractivity contribution in [3.05, 3.63) is 59.4 Å². The van der Waals surface area contributed by atoms with E-state index < -0.39 is 0 Å². The van der Waals surface area contributed by atoms with Gasteiger partial charge in [-0.2, -0.15) is 0 Å². The molecule has 0 aliphatic rings. The maximum absolute atomic E-state index is 13.3. The number of para-hydroxylation sites is 2. The Bertz CT molecular complexity index is 750. The number of methoxy groups -OCH3 is 1. The molecule has 26 heavy (non-hydrogen) atoms. The topological polar surface area (TPSA) is 54.9 Å². The SMILES string of the molecule is CN=C(NCc1ccc(F)c(C)c1)NCC(C)Oc1ccccc1OC. The molecule has 0 aromatic heterocycles. The van der Waals surface area contributed by atoms with Crippen LogP contribution in [0.25, 0.3) is 0 Å². The van der Waals surface area contributed by atoms with E-state index in [2.05, 4.69) is 15.6 Å². The summed E-state index contributed by atoms with van der Waals surface area (Å²) >= 11 is 0. The van der Waals surface area contributed by atoms with Gasteiger partial charge in [0.2, 0.25) is 0 Å². The van der Waals surface area contributed by atoms with Gasteiger partial charge in [0, 0.05) is 13.6 Å². The van der Waals surface area contributed by atoms with Gasteiger partial charge in [-0.15, -0.1) is 0 Å². The second-order valence-electron chi connectivity index (χ2n) is 5.97. The number of nitrogens with one attached hydrogen (secondary N) is 2. The number of ether oxygens (including phenoxy) is 2. The van der Waals surface area contributed by atoms with E-state index in [9.17, 15) is 4.39 Å². The molecule has 2 aromatic rings. The Kier molecular flexibility index (Phi) is 7.26. The monoisotopic (exact) mass is 359 g/mol. The van der Waals surface area contributed by atoms with Gasteiger partial charge in [0.1, 0.15) is 11.9 Å². The molecule has 1 atom stereocenters. The molecular formula is C20H26FN3O2. The van der Waals surface area contributed by atoms with E-state index in [-0.39, 0.29) is 11.9 Å². The summed E-state index contributed by atoms with van der Waals surface area (Å²) in [6.45, 7) is 4.85. The zero-order valence-electron chi connectivity index (χ0n) is 15.7. The molecular weight excluding hydrogens is 333 g/mol. The van der Waals surface area contributed by atoms with Crippen molar-refractivity contribution in [1.29, 1.82) is 0 Å². The fourth-order valence-electron chi connectivity index (χ4n) is 2.44. The van der Waals surface area contributed by atoms with Gasteiger partial charge in [-0.3, -0.25) is 4.99 Å². The van der Waals surface area contributed by atoms with E-state index in [4.69, 9.17) is 9.47 Å². The van der Waals surface area contributed by atoms with E-state index in [0.29, 0.717) is 36.1 Å². The summed E-state index contributed by atoms with van der Waals surface area (Å²) in [6, 6.07) is 12.6. The molecule has 0 spiro atoms. The minimum absolute atomic E-state index is 0.0853. The van der Waals surface area contributed by atoms with E-state index >= 15 is 0 Å². The second-order valence-corrected chi connectivity index (χ2v) is 5.97. The molecule has 2 rings (SSSR count). The normalized spacial score (nSPS) is 12.4. The Morgan fingerprint density at radius 2 is 1.88 bits per heavy atom. The molecule has 1 unspecified atom stereocenters. The van der Waals surface area contributed by atoms with Gasteiger partial charge in [-0.25, -0.2) is 4.39 Å². The smallest absolute Gasteiger partial charge is 0.191 e. The predicted octanol–water partition coefficient (Wildman–Crippen LogP) is 3.28. The predicted molar refractivity (Wildman–Crippen MR) is 102 cm³/mol. The molecule has 0 radical (unpaired) electrons. The fourth-order valence-corrected chi connectivity index (χ4v) is 2.44. The number of nitrogens with zero attached hydrogens (tertiary/aromatic N) is 1. The molecule has 0 bridgehead atoms. The van der Waals surface area contributed by atoms with Gasteiger partial charge in [-0.1, -0.05) is 24.3 Å². The van der Waals surface area contributed by atoms with Crippen LogP contribution in [0.1, 0.15) is 18.1 Å². The molecule has 0 amide bonds. The first-order valence-corrected chi connectivity index (χ1v) is 8.52.